The van der Waals surface area contributed by atoms with Gasteiger partial charge in [-0.1, -0.05) is 4.98 Å². The molecule has 2 aromatic rings. The van der Waals surface area contributed by atoms with E-state index in [0.29, 0.717) is 11.3 Å². The molecule has 0 saturated heterocycles. The summed E-state index contributed by atoms with van der Waals surface area (Å²) in [5.74, 6) is -0.513. The van der Waals surface area contributed by atoms with Crippen LogP contribution in [0.25, 0.3) is 0 Å². The van der Waals surface area contributed by atoms with Crippen molar-refractivity contribution in [1.29, 1.82) is 0 Å². The van der Waals surface area contributed by atoms with Gasteiger partial charge >= 0.3 is 5.95 Å². The molecule has 20 heavy (non-hydrogen) atoms. The summed E-state index contributed by atoms with van der Waals surface area (Å²) >= 11 is 0. The van der Waals surface area contributed by atoms with Crippen LogP contribution in [0.5, 0.6) is 0 Å². The predicted molar refractivity (Wildman–Crippen MR) is 68.4 cm³/mol. The molecule has 1 aromatic carbocycles. The van der Waals surface area contributed by atoms with Crippen molar-refractivity contribution in [1.82, 2.24) is 14.8 Å². The Bertz CT molecular complexity index is 668. The Kier molecular flexibility index (Phi) is 3.55. The summed E-state index contributed by atoms with van der Waals surface area (Å²) in [5.41, 5.74) is 1.20. The topological polar surface area (TPSA) is 129 Å². The van der Waals surface area contributed by atoms with E-state index in [1.807, 2.05) is 0 Å². The first kappa shape index (κ1) is 13.4. The van der Waals surface area contributed by atoms with Gasteiger partial charge in [-0.15, -0.1) is 0 Å². The SMILES string of the molecule is CNc1ccc([N+](=O)[O-])cc1Cn1cnc([N+](=O)[O-])n1. The summed E-state index contributed by atoms with van der Waals surface area (Å²) in [4.78, 5) is 23.6. The molecule has 0 amide bonds. The normalized spacial score (nSPS) is 10.2. The van der Waals surface area contributed by atoms with Crippen LogP contribution in [0.3, 0.4) is 0 Å². The lowest BCUT2D eigenvalue weighted by Crippen LogP contribution is -2.05. The minimum atomic E-state index is -0.705. The third kappa shape index (κ3) is 2.68. The molecule has 104 valence electrons. The van der Waals surface area contributed by atoms with Crippen LogP contribution >= 0.6 is 0 Å². The molecule has 1 N–H and O–H groups in total. The largest absolute Gasteiger partial charge is 0.490 e. The molecule has 1 heterocycles. The first-order chi connectivity index (χ1) is 9.51. The number of nitrogens with one attached hydrogen (secondary N) is 1. The molecular weight excluding hydrogens is 268 g/mol. The molecule has 0 saturated carbocycles. The van der Waals surface area contributed by atoms with Crippen molar-refractivity contribution in [2.75, 3.05) is 12.4 Å². The van der Waals surface area contributed by atoms with Gasteiger partial charge in [-0.25, -0.2) is 0 Å². The summed E-state index contributed by atoms with van der Waals surface area (Å²) in [5, 5.41) is 27.8. The molecule has 1 aromatic heterocycles. The Labute approximate surface area is 112 Å². The first-order valence-corrected chi connectivity index (χ1v) is 5.50. The molecular formula is C10H10N6O4. The number of nitrogens with zero attached hydrogens (tertiary/aromatic N) is 5. The van der Waals surface area contributed by atoms with Crippen LogP contribution in [0.15, 0.2) is 24.5 Å². The molecule has 0 aliphatic rings. The maximum Gasteiger partial charge on any atom is 0.490 e. The molecule has 0 atom stereocenters. The number of nitro groups is 2. The second-order valence-corrected chi connectivity index (χ2v) is 3.85. The Morgan fingerprint density at radius 3 is 2.60 bits per heavy atom. The molecule has 0 radical (unpaired) electrons. The third-order valence-corrected chi connectivity index (χ3v) is 2.59. The van der Waals surface area contributed by atoms with Gasteiger partial charge in [0.25, 0.3) is 5.69 Å². The van der Waals surface area contributed by atoms with Crippen LogP contribution in [0, 0.1) is 20.2 Å². The van der Waals surface area contributed by atoms with E-state index in [1.54, 1.807) is 13.1 Å². The molecule has 10 heteroatoms. The van der Waals surface area contributed by atoms with E-state index in [1.165, 1.54) is 23.1 Å². The standard InChI is InChI=1S/C10H10N6O4/c1-11-9-3-2-8(15(17)18)4-7(9)5-14-6-12-10(13-14)16(19)20/h2-4,6,11H,5H2,1H3. The van der Waals surface area contributed by atoms with Gasteiger partial charge in [0.1, 0.15) is 0 Å². The van der Waals surface area contributed by atoms with E-state index in [-0.39, 0.29) is 12.2 Å². The highest BCUT2D eigenvalue weighted by molar-refractivity contribution is 5.55. The Balaban J connectivity index is 2.32. The van der Waals surface area contributed by atoms with Gasteiger partial charge in [0.05, 0.1) is 11.5 Å². The fourth-order valence-electron chi connectivity index (χ4n) is 1.69. The highest BCUT2D eigenvalue weighted by atomic mass is 16.6. The first-order valence-electron chi connectivity index (χ1n) is 5.50. The van der Waals surface area contributed by atoms with Crippen LogP contribution in [-0.4, -0.2) is 31.7 Å². The number of non-ortho nitro benzene ring substituents is 1. The molecule has 0 bridgehead atoms. The van der Waals surface area contributed by atoms with Crippen molar-refractivity contribution in [2.45, 2.75) is 6.54 Å². The highest BCUT2D eigenvalue weighted by Crippen LogP contribution is 2.22. The maximum atomic E-state index is 10.8. The summed E-state index contributed by atoms with van der Waals surface area (Å²) in [6.07, 6.45) is 1.20. The number of hydrogen-bond acceptors (Lipinski definition) is 7. The second kappa shape index (κ2) is 5.30. The van der Waals surface area contributed by atoms with Crippen molar-refractivity contribution in [3.63, 3.8) is 0 Å². The highest BCUT2D eigenvalue weighted by Gasteiger charge is 2.16. The van der Waals surface area contributed by atoms with Crippen LogP contribution in [-0.2, 0) is 6.54 Å². The van der Waals surface area contributed by atoms with Crippen molar-refractivity contribution < 1.29 is 9.85 Å². The Morgan fingerprint density at radius 1 is 1.30 bits per heavy atom. The summed E-state index contributed by atoms with van der Waals surface area (Å²) in [6, 6.07) is 4.33. The lowest BCUT2D eigenvalue weighted by atomic mass is 10.1. The van der Waals surface area contributed by atoms with E-state index in [9.17, 15) is 20.2 Å². The van der Waals surface area contributed by atoms with E-state index in [0.717, 1.165) is 0 Å². The van der Waals surface area contributed by atoms with Gasteiger partial charge in [0.2, 0.25) is 6.33 Å². The molecule has 0 spiro atoms. The fraction of sp³-hybridized carbons (Fsp3) is 0.200. The number of anilines is 1. The summed E-state index contributed by atoms with van der Waals surface area (Å²) < 4.78 is 1.25. The monoisotopic (exact) mass is 278 g/mol. The molecule has 0 aliphatic carbocycles. The van der Waals surface area contributed by atoms with Crippen molar-refractivity contribution in [3.05, 3.63) is 50.3 Å². The third-order valence-electron chi connectivity index (χ3n) is 2.59. The quantitative estimate of drug-likeness (QED) is 0.642. The Hall–Kier alpha value is -3.04. The minimum Gasteiger partial charge on any atom is -0.390 e. The average molecular weight is 278 g/mol. The molecule has 2 rings (SSSR count). The van der Waals surface area contributed by atoms with Crippen LogP contribution in [0.2, 0.25) is 0 Å². The molecule has 0 aliphatic heterocycles. The molecule has 0 unspecified atom stereocenters. The molecule has 0 fully saturated rings. The predicted octanol–water partition coefficient (Wildman–Crippen LogP) is 1.18. The van der Waals surface area contributed by atoms with Crippen molar-refractivity contribution in [2.24, 2.45) is 0 Å². The number of rotatable bonds is 5. The zero-order chi connectivity index (χ0) is 14.7. The number of hydrogen-bond donors (Lipinski definition) is 1. The van der Waals surface area contributed by atoms with E-state index < -0.39 is 15.8 Å². The van der Waals surface area contributed by atoms with E-state index in [2.05, 4.69) is 15.4 Å². The van der Waals surface area contributed by atoms with Crippen molar-refractivity contribution >= 4 is 17.3 Å². The zero-order valence-electron chi connectivity index (χ0n) is 10.4. The van der Waals surface area contributed by atoms with Crippen LogP contribution in [0.1, 0.15) is 5.56 Å². The minimum absolute atomic E-state index is 0.0615. The van der Waals surface area contributed by atoms with E-state index in [4.69, 9.17) is 0 Å². The van der Waals surface area contributed by atoms with Gasteiger partial charge in [0.15, 0.2) is 0 Å². The molecule has 10 nitrogen and oxygen atoms in total. The van der Waals surface area contributed by atoms with Gasteiger partial charge in [0, 0.05) is 35.5 Å². The van der Waals surface area contributed by atoms with Crippen LogP contribution in [0.4, 0.5) is 17.3 Å². The van der Waals surface area contributed by atoms with Crippen molar-refractivity contribution in [3.8, 4) is 0 Å². The van der Waals surface area contributed by atoms with Crippen LogP contribution < -0.4 is 5.32 Å². The van der Waals surface area contributed by atoms with Gasteiger partial charge in [-0.3, -0.25) is 10.1 Å². The summed E-state index contributed by atoms with van der Waals surface area (Å²) in [7, 11) is 1.68. The smallest absolute Gasteiger partial charge is 0.390 e. The van der Waals surface area contributed by atoms with Gasteiger partial charge in [-0.05, 0) is 11.0 Å². The number of benzene rings is 1. The lowest BCUT2D eigenvalue weighted by molar-refractivity contribution is -0.394. The van der Waals surface area contributed by atoms with Gasteiger partial charge < -0.3 is 15.4 Å². The number of nitro benzene ring substituents is 1. The lowest BCUT2D eigenvalue weighted by Gasteiger charge is -2.07. The fourth-order valence-corrected chi connectivity index (χ4v) is 1.69. The summed E-state index contributed by atoms with van der Waals surface area (Å²) in [6.45, 7) is 0.138. The van der Waals surface area contributed by atoms with Gasteiger partial charge in [-0.2, -0.15) is 4.68 Å². The maximum absolute atomic E-state index is 10.8. The second-order valence-electron chi connectivity index (χ2n) is 3.85. The zero-order valence-corrected chi connectivity index (χ0v) is 10.4. The number of aromatic nitrogens is 3. The van der Waals surface area contributed by atoms with E-state index >= 15 is 0 Å². The Morgan fingerprint density at radius 2 is 2.05 bits per heavy atom. The average Bonchev–Trinajstić information content (AvgIpc) is 2.87.